The van der Waals surface area contributed by atoms with Crippen LogP contribution in [0.5, 0.6) is 0 Å². The van der Waals surface area contributed by atoms with Crippen LogP contribution in [0.1, 0.15) is 0 Å². The minimum Gasteiger partial charge on any atom is -0.345 e. The Balaban J connectivity index is 1.57. The van der Waals surface area contributed by atoms with Crippen molar-refractivity contribution in [2.24, 2.45) is 0 Å². The number of H-pyrrole nitrogens is 1. The van der Waals surface area contributed by atoms with Crippen LogP contribution in [-0.2, 0) is 0 Å². The molecule has 0 radical (unpaired) electrons. The molecule has 0 bridgehead atoms. The molecule has 4 heterocycles. The zero-order valence-electron chi connectivity index (χ0n) is 13.1. The van der Waals surface area contributed by atoms with Crippen LogP contribution in [-0.4, -0.2) is 15.0 Å². The van der Waals surface area contributed by atoms with Crippen LogP contribution in [0.25, 0.3) is 43.0 Å². The summed E-state index contributed by atoms with van der Waals surface area (Å²) < 4.78 is 0. The number of rotatable bonds is 3. The van der Waals surface area contributed by atoms with Crippen molar-refractivity contribution in [3.8, 4) is 32.0 Å². The SMILES string of the molecule is c1csc(-c2ccc(-c3cnc4[nH]cc(-c5cncs5)c4c3)cc2)c1. The van der Waals surface area contributed by atoms with Crippen LogP contribution >= 0.6 is 22.7 Å². The summed E-state index contributed by atoms with van der Waals surface area (Å²) in [6.45, 7) is 0. The van der Waals surface area contributed by atoms with E-state index in [1.165, 1.54) is 16.0 Å². The van der Waals surface area contributed by atoms with Crippen molar-refractivity contribution in [2.75, 3.05) is 0 Å². The van der Waals surface area contributed by atoms with Gasteiger partial charge in [0.2, 0.25) is 0 Å². The summed E-state index contributed by atoms with van der Waals surface area (Å²) in [5, 5.41) is 3.23. The van der Waals surface area contributed by atoms with Crippen molar-refractivity contribution in [3.05, 3.63) is 71.9 Å². The lowest BCUT2D eigenvalue weighted by molar-refractivity contribution is 1.33. The zero-order chi connectivity index (χ0) is 16.6. The van der Waals surface area contributed by atoms with Gasteiger partial charge in [-0.2, -0.15) is 0 Å². The highest BCUT2D eigenvalue weighted by molar-refractivity contribution is 7.13. The van der Waals surface area contributed by atoms with Crippen molar-refractivity contribution >= 4 is 33.7 Å². The maximum atomic E-state index is 4.59. The quantitative estimate of drug-likeness (QED) is 0.424. The van der Waals surface area contributed by atoms with Gasteiger partial charge in [0.05, 0.1) is 10.4 Å². The highest BCUT2D eigenvalue weighted by Gasteiger charge is 2.10. The lowest BCUT2D eigenvalue weighted by atomic mass is 10.0. The number of hydrogen-bond donors (Lipinski definition) is 1. The van der Waals surface area contributed by atoms with Gasteiger partial charge in [-0.3, -0.25) is 4.98 Å². The third kappa shape index (κ3) is 2.58. The van der Waals surface area contributed by atoms with Gasteiger partial charge in [-0.15, -0.1) is 22.7 Å². The Morgan fingerprint density at radius 2 is 1.72 bits per heavy atom. The van der Waals surface area contributed by atoms with Gasteiger partial charge in [0.25, 0.3) is 0 Å². The molecule has 5 rings (SSSR count). The molecule has 0 fully saturated rings. The number of fused-ring (bicyclic) bond motifs is 1. The van der Waals surface area contributed by atoms with Gasteiger partial charge in [-0.25, -0.2) is 4.98 Å². The Morgan fingerprint density at radius 3 is 2.48 bits per heavy atom. The molecule has 1 aromatic carbocycles. The van der Waals surface area contributed by atoms with Crippen LogP contribution in [0.2, 0.25) is 0 Å². The molecular formula is C20H13N3S2. The number of benzene rings is 1. The molecule has 120 valence electrons. The molecule has 0 unspecified atom stereocenters. The number of aromatic nitrogens is 3. The molecule has 0 saturated carbocycles. The largest absolute Gasteiger partial charge is 0.345 e. The van der Waals surface area contributed by atoms with Crippen LogP contribution < -0.4 is 0 Å². The summed E-state index contributed by atoms with van der Waals surface area (Å²) in [5.41, 5.74) is 7.46. The number of thiazole rings is 1. The molecular weight excluding hydrogens is 346 g/mol. The van der Waals surface area contributed by atoms with Gasteiger partial charge in [-0.1, -0.05) is 30.3 Å². The molecule has 0 aliphatic rings. The third-order valence-electron chi connectivity index (χ3n) is 4.25. The Kier molecular flexibility index (Phi) is 3.47. The maximum Gasteiger partial charge on any atom is 0.137 e. The van der Waals surface area contributed by atoms with Crippen molar-refractivity contribution < 1.29 is 0 Å². The van der Waals surface area contributed by atoms with E-state index in [4.69, 9.17) is 0 Å². The Hall–Kier alpha value is -2.76. The molecule has 0 aliphatic carbocycles. The molecule has 1 N–H and O–H groups in total. The fourth-order valence-electron chi connectivity index (χ4n) is 2.98. The van der Waals surface area contributed by atoms with Crippen LogP contribution in [0.3, 0.4) is 0 Å². The normalized spacial score (nSPS) is 11.2. The Bertz CT molecular complexity index is 1120. The summed E-state index contributed by atoms with van der Waals surface area (Å²) >= 11 is 3.40. The number of nitrogens with one attached hydrogen (secondary N) is 1. The smallest absolute Gasteiger partial charge is 0.137 e. The second-order valence-electron chi connectivity index (χ2n) is 5.74. The van der Waals surface area contributed by atoms with E-state index >= 15 is 0 Å². The second kappa shape index (κ2) is 5.95. The summed E-state index contributed by atoms with van der Waals surface area (Å²) in [4.78, 5) is 14.5. The molecule has 5 aromatic rings. The first kappa shape index (κ1) is 14.6. The molecule has 0 amide bonds. The molecule has 3 nitrogen and oxygen atoms in total. The molecule has 25 heavy (non-hydrogen) atoms. The molecule has 0 atom stereocenters. The predicted molar refractivity (Wildman–Crippen MR) is 106 cm³/mol. The van der Waals surface area contributed by atoms with Crippen molar-refractivity contribution in [1.82, 2.24) is 15.0 Å². The summed E-state index contributed by atoms with van der Waals surface area (Å²) in [5.74, 6) is 0. The van der Waals surface area contributed by atoms with E-state index in [0.717, 1.165) is 27.0 Å². The van der Waals surface area contributed by atoms with Crippen molar-refractivity contribution in [3.63, 3.8) is 0 Å². The van der Waals surface area contributed by atoms with Crippen LogP contribution in [0.4, 0.5) is 0 Å². The number of hydrogen-bond acceptors (Lipinski definition) is 4. The number of nitrogens with zero attached hydrogens (tertiary/aromatic N) is 2. The molecule has 5 heteroatoms. The Labute approximate surface area is 152 Å². The maximum absolute atomic E-state index is 4.59. The monoisotopic (exact) mass is 359 g/mol. The van der Waals surface area contributed by atoms with Gasteiger partial charge >= 0.3 is 0 Å². The summed E-state index contributed by atoms with van der Waals surface area (Å²) in [6.07, 6.45) is 5.83. The van der Waals surface area contributed by atoms with Crippen molar-refractivity contribution in [1.29, 1.82) is 0 Å². The summed E-state index contributed by atoms with van der Waals surface area (Å²) in [6, 6.07) is 15.1. The predicted octanol–water partition coefficient (Wildman–Crippen LogP) is 6.08. The zero-order valence-corrected chi connectivity index (χ0v) is 14.8. The lowest BCUT2D eigenvalue weighted by Gasteiger charge is -2.04. The molecule has 0 aliphatic heterocycles. The first-order chi connectivity index (χ1) is 12.4. The number of thiophene rings is 1. The van der Waals surface area contributed by atoms with Gasteiger partial charge in [0, 0.05) is 40.0 Å². The van der Waals surface area contributed by atoms with Gasteiger partial charge < -0.3 is 4.98 Å². The van der Waals surface area contributed by atoms with Crippen molar-refractivity contribution in [2.45, 2.75) is 0 Å². The standard InChI is InChI=1S/C20H13N3S2/c1-2-18(24-7-1)14-5-3-13(4-6-14)15-8-16-17(19-11-21-12-25-19)10-23-20(16)22-9-15/h1-12H,(H,22,23). The number of aromatic amines is 1. The highest BCUT2D eigenvalue weighted by atomic mass is 32.1. The first-order valence-electron chi connectivity index (χ1n) is 7.89. The van der Waals surface area contributed by atoms with E-state index in [0.29, 0.717) is 0 Å². The van der Waals surface area contributed by atoms with Gasteiger partial charge in [-0.05, 0) is 28.6 Å². The third-order valence-corrected chi connectivity index (χ3v) is 5.98. The first-order valence-corrected chi connectivity index (χ1v) is 9.65. The minimum atomic E-state index is 0.905. The fourth-order valence-corrected chi connectivity index (χ4v) is 4.37. The Morgan fingerprint density at radius 1 is 0.840 bits per heavy atom. The van der Waals surface area contributed by atoms with E-state index in [1.54, 1.807) is 22.7 Å². The van der Waals surface area contributed by atoms with E-state index in [-0.39, 0.29) is 0 Å². The van der Waals surface area contributed by atoms with E-state index < -0.39 is 0 Å². The average molecular weight is 359 g/mol. The van der Waals surface area contributed by atoms with E-state index in [2.05, 4.69) is 62.8 Å². The molecule has 0 spiro atoms. The second-order valence-corrected chi connectivity index (χ2v) is 7.58. The van der Waals surface area contributed by atoms with E-state index in [9.17, 15) is 0 Å². The summed E-state index contributed by atoms with van der Waals surface area (Å²) in [7, 11) is 0. The fraction of sp³-hybridized carbons (Fsp3) is 0. The minimum absolute atomic E-state index is 0.905. The van der Waals surface area contributed by atoms with Crippen LogP contribution in [0.15, 0.2) is 71.9 Å². The van der Waals surface area contributed by atoms with Gasteiger partial charge in [0.1, 0.15) is 5.65 Å². The van der Waals surface area contributed by atoms with Crippen LogP contribution in [0, 0.1) is 0 Å². The average Bonchev–Trinajstić information content (AvgIpc) is 3.41. The highest BCUT2D eigenvalue weighted by Crippen LogP contribution is 2.33. The molecule has 4 aromatic heterocycles. The van der Waals surface area contributed by atoms with E-state index in [1.807, 2.05) is 24.1 Å². The topological polar surface area (TPSA) is 41.6 Å². The number of pyridine rings is 1. The lowest BCUT2D eigenvalue weighted by Crippen LogP contribution is -1.83. The van der Waals surface area contributed by atoms with Gasteiger partial charge in [0.15, 0.2) is 0 Å². The molecule has 0 saturated heterocycles.